The van der Waals surface area contributed by atoms with Crippen LogP contribution in [0, 0.1) is 0 Å². The molecule has 14 heavy (non-hydrogen) atoms. The number of hydrogen-bond acceptors (Lipinski definition) is 2. The molecule has 3 nitrogen and oxygen atoms in total. The fraction of sp³-hybridized carbons (Fsp3) is 0.111. The Morgan fingerprint density at radius 2 is 1.86 bits per heavy atom. The second-order valence-electron chi connectivity index (χ2n) is 2.75. The number of rotatable bonds is 2. The SMILES string of the molecule is C=C(C)c1ccccc1S(=O)(=O)O.[Rb]. The molecule has 1 aromatic rings. The molecule has 71 valence electrons. The third kappa shape index (κ3) is 3.68. The van der Waals surface area contributed by atoms with Crippen molar-refractivity contribution in [3.8, 4) is 0 Å². The minimum absolute atomic E-state index is 0. The largest absolute Gasteiger partial charge is 0.295 e. The summed E-state index contributed by atoms with van der Waals surface area (Å²) in [5, 5.41) is 0. The van der Waals surface area contributed by atoms with E-state index in [1.807, 2.05) is 0 Å². The van der Waals surface area contributed by atoms with Gasteiger partial charge in [-0.2, -0.15) is 8.42 Å². The number of hydrogen-bond donors (Lipinski definition) is 1. The summed E-state index contributed by atoms with van der Waals surface area (Å²) in [4.78, 5) is -0.0949. The molecule has 5 heteroatoms. The van der Waals surface area contributed by atoms with Crippen LogP contribution in [-0.4, -0.2) is 71.2 Å². The molecule has 0 saturated carbocycles. The van der Waals surface area contributed by atoms with Crippen LogP contribution in [0.5, 0.6) is 0 Å². The van der Waals surface area contributed by atoms with Gasteiger partial charge in [0.2, 0.25) is 0 Å². The van der Waals surface area contributed by atoms with Gasteiger partial charge in [0.25, 0.3) is 10.1 Å². The Balaban J connectivity index is 0.00000169. The first-order chi connectivity index (χ1) is 5.93. The van der Waals surface area contributed by atoms with Crippen molar-refractivity contribution >= 4 is 73.9 Å². The van der Waals surface area contributed by atoms with E-state index in [9.17, 15) is 8.42 Å². The van der Waals surface area contributed by atoms with Crippen molar-refractivity contribution in [2.75, 3.05) is 0 Å². The summed E-state index contributed by atoms with van der Waals surface area (Å²) < 4.78 is 30.6. The van der Waals surface area contributed by atoms with E-state index in [-0.39, 0.29) is 63.1 Å². The molecule has 0 aliphatic rings. The van der Waals surface area contributed by atoms with Crippen molar-refractivity contribution in [2.45, 2.75) is 11.8 Å². The van der Waals surface area contributed by atoms with Gasteiger partial charge in [0.15, 0.2) is 0 Å². The Morgan fingerprint density at radius 1 is 1.36 bits per heavy atom. The van der Waals surface area contributed by atoms with Gasteiger partial charge in [0.05, 0.1) is 0 Å². The summed E-state index contributed by atoms with van der Waals surface area (Å²) in [6.45, 7) is 5.31. The van der Waals surface area contributed by atoms with Crippen molar-refractivity contribution in [3.63, 3.8) is 0 Å². The zero-order chi connectivity index (χ0) is 10.1. The third-order valence-electron chi connectivity index (χ3n) is 1.62. The van der Waals surface area contributed by atoms with Gasteiger partial charge in [-0.3, -0.25) is 4.55 Å². The molecule has 0 atom stereocenters. The van der Waals surface area contributed by atoms with Crippen molar-refractivity contribution < 1.29 is 13.0 Å². The van der Waals surface area contributed by atoms with Crippen molar-refractivity contribution in [1.29, 1.82) is 0 Å². The molecular weight excluding hydrogens is 274 g/mol. The third-order valence-corrected chi connectivity index (χ3v) is 2.54. The van der Waals surface area contributed by atoms with E-state index in [0.29, 0.717) is 11.1 Å². The maximum absolute atomic E-state index is 10.9. The molecular formula is C9H10O3RbS. The van der Waals surface area contributed by atoms with Gasteiger partial charge in [-0.05, 0) is 24.1 Å². The van der Waals surface area contributed by atoms with E-state index in [2.05, 4.69) is 6.58 Å². The minimum Gasteiger partial charge on any atom is -0.282 e. The molecule has 0 unspecified atom stereocenters. The van der Waals surface area contributed by atoms with Crippen LogP contribution in [0.3, 0.4) is 0 Å². The maximum Gasteiger partial charge on any atom is 0.295 e. The van der Waals surface area contributed by atoms with Gasteiger partial charge in [0, 0.05) is 58.2 Å². The first-order valence-electron chi connectivity index (χ1n) is 3.65. The normalized spacial score (nSPS) is 10.4. The van der Waals surface area contributed by atoms with Crippen LogP contribution in [0.25, 0.3) is 5.57 Å². The molecule has 0 saturated heterocycles. The molecule has 1 radical (unpaired) electrons. The second kappa shape index (κ2) is 5.68. The first-order valence-corrected chi connectivity index (χ1v) is 5.09. The quantitative estimate of drug-likeness (QED) is 0.839. The van der Waals surface area contributed by atoms with Crippen LogP contribution < -0.4 is 0 Å². The van der Waals surface area contributed by atoms with Crippen LogP contribution in [0.1, 0.15) is 12.5 Å². The predicted molar refractivity (Wildman–Crippen MR) is 56.7 cm³/mol. The average Bonchev–Trinajstić information content (AvgIpc) is 2.03. The molecule has 0 fully saturated rings. The van der Waals surface area contributed by atoms with Gasteiger partial charge in [0.1, 0.15) is 4.90 Å². The number of allylic oxidation sites excluding steroid dienone is 1. The summed E-state index contributed by atoms with van der Waals surface area (Å²) in [5.74, 6) is 0. The Morgan fingerprint density at radius 3 is 2.21 bits per heavy atom. The summed E-state index contributed by atoms with van der Waals surface area (Å²) >= 11 is 0. The number of benzene rings is 1. The van der Waals surface area contributed by atoms with Gasteiger partial charge >= 0.3 is 0 Å². The topological polar surface area (TPSA) is 54.4 Å². The monoisotopic (exact) mass is 283 g/mol. The molecule has 0 amide bonds. The molecule has 0 heterocycles. The van der Waals surface area contributed by atoms with Gasteiger partial charge in [-0.25, -0.2) is 0 Å². The van der Waals surface area contributed by atoms with E-state index >= 15 is 0 Å². The standard InChI is InChI=1S/C9H10O3S.Rb/c1-7(2)8-5-3-4-6-9(8)13(10,11)12;/h3-6H,1H2,2H3,(H,10,11,12);. The minimum atomic E-state index is -4.14. The van der Waals surface area contributed by atoms with Crippen LogP contribution in [0.4, 0.5) is 0 Å². The Bertz CT molecular complexity index is 437. The van der Waals surface area contributed by atoms with Crippen LogP contribution in [0.2, 0.25) is 0 Å². The Hall–Kier alpha value is 0.675. The zero-order valence-electron chi connectivity index (χ0n) is 8.19. The fourth-order valence-electron chi connectivity index (χ4n) is 1.04. The molecule has 0 aliphatic heterocycles. The molecule has 0 aromatic heterocycles. The van der Waals surface area contributed by atoms with Crippen molar-refractivity contribution in [1.82, 2.24) is 0 Å². The first kappa shape index (κ1) is 14.7. The predicted octanol–water partition coefficient (Wildman–Crippen LogP) is 1.59. The molecule has 0 spiro atoms. The second-order valence-corrected chi connectivity index (χ2v) is 4.14. The average molecular weight is 284 g/mol. The van der Waals surface area contributed by atoms with E-state index in [0.717, 1.165) is 0 Å². The van der Waals surface area contributed by atoms with Crippen LogP contribution in [-0.2, 0) is 10.1 Å². The smallest absolute Gasteiger partial charge is 0.282 e. The molecule has 1 aromatic carbocycles. The van der Waals surface area contributed by atoms with Crippen molar-refractivity contribution in [3.05, 3.63) is 36.4 Å². The van der Waals surface area contributed by atoms with Gasteiger partial charge in [-0.1, -0.05) is 24.8 Å². The van der Waals surface area contributed by atoms with Crippen LogP contribution in [0.15, 0.2) is 35.7 Å². The molecule has 1 N–H and O–H groups in total. The van der Waals surface area contributed by atoms with Crippen molar-refractivity contribution in [2.24, 2.45) is 0 Å². The Kier molecular flexibility index (Phi) is 5.95. The Labute approximate surface area is 133 Å². The maximum atomic E-state index is 10.9. The summed E-state index contributed by atoms with van der Waals surface area (Å²) in [6.07, 6.45) is 0. The molecule has 0 aliphatic carbocycles. The molecule has 0 bridgehead atoms. The molecule has 1 rings (SSSR count). The fourth-order valence-corrected chi connectivity index (χ4v) is 1.81. The van der Waals surface area contributed by atoms with E-state index in [1.54, 1.807) is 25.1 Å². The summed E-state index contributed by atoms with van der Waals surface area (Å²) in [7, 11) is -4.14. The summed E-state index contributed by atoms with van der Waals surface area (Å²) in [5.41, 5.74) is 1.05. The van der Waals surface area contributed by atoms with Gasteiger partial charge in [-0.15, -0.1) is 0 Å². The van der Waals surface area contributed by atoms with E-state index < -0.39 is 10.1 Å². The van der Waals surface area contributed by atoms with Gasteiger partial charge < -0.3 is 0 Å². The van der Waals surface area contributed by atoms with E-state index in [1.165, 1.54) is 6.07 Å². The zero-order valence-corrected chi connectivity index (χ0v) is 13.9. The van der Waals surface area contributed by atoms with E-state index in [4.69, 9.17) is 4.55 Å². The van der Waals surface area contributed by atoms with Crippen LogP contribution >= 0.6 is 0 Å². The summed E-state index contributed by atoms with van der Waals surface area (Å²) in [6, 6.07) is 6.19.